The van der Waals surface area contributed by atoms with Gasteiger partial charge in [0.1, 0.15) is 17.2 Å². The minimum Gasteiger partial charge on any atom is -0.444 e. The summed E-state index contributed by atoms with van der Waals surface area (Å²) in [5.74, 6) is 1.99. The number of anilines is 2. The molecule has 1 aromatic heterocycles. The molecule has 2 fully saturated rings. The van der Waals surface area contributed by atoms with Gasteiger partial charge < -0.3 is 24.6 Å². The molecule has 7 nitrogen and oxygen atoms in total. The van der Waals surface area contributed by atoms with Crippen molar-refractivity contribution in [2.24, 2.45) is 0 Å². The van der Waals surface area contributed by atoms with E-state index in [-0.39, 0.29) is 12.1 Å². The van der Waals surface area contributed by atoms with Gasteiger partial charge in [0, 0.05) is 32.2 Å². The second kappa shape index (κ2) is 8.33. The Hall–Kier alpha value is -2.02. The van der Waals surface area contributed by atoms with Gasteiger partial charge in [-0.05, 0) is 58.2 Å². The number of hydrogen-bond acceptors (Lipinski definition) is 6. The molecule has 2 saturated heterocycles. The Kier molecular flexibility index (Phi) is 6.09. The fourth-order valence-electron chi connectivity index (χ4n) is 3.52. The number of alkyl carbamates (subject to hydrolysis) is 1. The Morgan fingerprint density at radius 2 is 1.85 bits per heavy atom. The fraction of sp³-hybridized carbons (Fsp3) is 0.700. The Morgan fingerprint density at radius 3 is 2.52 bits per heavy atom. The van der Waals surface area contributed by atoms with Crippen LogP contribution in [0.5, 0.6) is 0 Å². The SMILES string of the molecule is Cc1cc(N2CCOCC2)nc(N2CCCC(NC(=O)OC(C)(C)C)C2)c1. The first kappa shape index (κ1) is 19.7. The van der Waals surface area contributed by atoms with Gasteiger partial charge in [-0.25, -0.2) is 9.78 Å². The Balaban J connectivity index is 1.66. The molecular formula is C20H32N4O3. The molecule has 1 N–H and O–H groups in total. The van der Waals surface area contributed by atoms with Crippen molar-refractivity contribution in [1.29, 1.82) is 0 Å². The Morgan fingerprint density at radius 1 is 1.19 bits per heavy atom. The fourth-order valence-corrected chi connectivity index (χ4v) is 3.52. The van der Waals surface area contributed by atoms with Crippen LogP contribution in [-0.4, -0.2) is 62.1 Å². The molecule has 0 spiro atoms. The third kappa shape index (κ3) is 5.73. The van der Waals surface area contributed by atoms with E-state index in [1.54, 1.807) is 0 Å². The van der Waals surface area contributed by atoms with E-state index in [0.29, 0.717) is 0 Å². The molecule has 2 aliphatic rings. The predicted molar refractivity (Wildman–Crippen MR) is 107 cm³/mol. The van der Waals surface area contributed by atoms with Crippen LogP contribution in [0.1, 0.15) is 39.2 Å². The van der Waals surface area contributed by atoms with E-state index in [1.165, 1.54) is 5.56 Å². The summed E-state index contributed by atoms with van der Waals surface area (Å²) in [6, 6.07) is 4.33. The highest BCUT2D eigenvalue weighted by molar-refractivity contribution is 5.68. The molecular weight excluding hydrogens is 344 g/mol. The van der Waals surface area contributed by atoms with Crippen LogP contribution in [0.25, 0.3) is 0 Å². The highest BCUT2D eigenvalue weighted by Gasteiger charge is 2.25. The maximum atomic E-state index is 12.1. The molecule has 2 aliphatic heterocycles. The van der Waals surface area contributed by atoms with E-state index in [1.807, 2.05) is 20.8 Å². The van der Waals surface area contributed by atoms with Crippen LogP contribution in [0.2, 0.25) is 0 Å². The van der Waals surface area contributed by atoms with Crippen molar-refractivity contribution in [3.05, 3.63) is 17.7 Å². The molecule has 1 amide bonds. The van der Waals surface area contributed by atoms with Crippen molar-refractivity contribution < 1.29 is 14.3 Å². The zero-order valence-corrected chi connectivity index (χ0v) is 17.0. The van der Waals surface area contributed by atoms with Gasteiger partial charge in [-0.3, -0.25) is 0 Å². The molecule has 1 unspecified atom stereocenters. The van der Waals surface area contributed by atoms with Crippen LogP contribution < -0.4 is 15.1 Å². The number of pyridine rings is 1. The molecule has 0 aliphatic carbocycles. The summed E-state index contributed by atoms with van der Waals surface area (Å²) >= 11 is 0. The highest BCUT2D eigenvalue weighted by Crippen LogP contribution is 2.24. The number of morpholine rings is 1. The summed E-state index contributed by atoms with van der Waals surface area (Å²) in [6.07, 6.45) is 1.63. The number of ether oxygens (including phenoxy) is 2. The lowest BCUT2D eigenvalue weighted by Gasteiger charge is -2.35. The maximum Gasteiger partial charge on any atom is 0.407 e. The number of aromatic nitrogens is 1. The molecule has 1 atom stereocenters. The summed E-state index contributed by atoms with van der Waals surface area (Å²) in [6.45, 7) is 12.7. The lowest BCUT2D eigenvalue weighted by atomic mass is 10.1. The molecule has 150 valence electrons. The largest absolute Gasteiger partial charge is 0.444 e. The Labute approximate surface area is 162 Å². The van der Waals surface area contributed by atoms with Crippen molar-refractivity contribution in [3.63, 3.8) is 0 Å². The minimum absolute atomic E-state index is 0.0720. The number of aryl methyl sites for hydroxylation is 1. The zero-order chi connectivity index (χ0) is 19.4. The van der Waals surface area contributed by atoms with E-state index < -0.39 is 5.60 Å². The molecule has 27 heavy (non-hydrogen) atoms. The van der Waals surface area contributed by atoms with Crippen molar-refractivity contribution in [2.75, 3.05) is 49.2 Å². The molecule has 0 saturated carbocycles. The smallest absolute Gasteiger partial charge is 0.407 e. The van der Waals surface area contributed by atoms with E-state index in [4.69, 9.17) is 14.5 Å². The first-order valence-corrected chi connectivity index (χ1v) is 9.86. The number of carbonyl (C=O) groups excluding carboxylic acids is 1. The summed E-state index contributed by atoms with van der Waals surface area (Å²) in [7, 11) is 0. The number of hydrogen-bond donors (Lipinski definition) is 1. The lowest BCUT2D eigenvalue weighted by molar-refractivity contribution is 0.0500. The monoisotopic (exact) mass is 376 g/mol. The maximum absolute atomic E-state index is 12.1. The Bertz CT molecular complexity index is 653. The molecule has 0 aromatic carbocycles. The number of amides is 1. The number of carbonyl (C=O) groups is 1. The summed E-state index contributed by atoms with van der Waals surface area (Å²) in [5.41, 5.74) is 0.715. The summed E-state index contributed by atoms with van der Waals surface area (Å²) in [4.78, 5) is 21.5. The number of piperidine rings is 1. The third-order valence-corrected chi connectivity index (χ3v) is 4.74. The van der Waals surface area contributed by atoms with E-state index in [2.05, 4.69) is 34.2 Å². The number of nitrogens with zero attached hydrogens (tertiary/aromatic N) is 3. The van der Waals surface area contributed by atoms with Crippen LogP contribution >= 0.6 is 0 Å². The first-order chi connectivity index (χ1) is 12.8. The van der Waals surface area contributed by atoms with Crippen LogP contribution in [0, 0.1) is 6.92 Å². The van der Waals surface area contributed by atoms with Gasteiger partial charge in [0.2, 0.25) is 0 Å². The molecule has 7 heteroatoms. The van der Waals surface area contributed by atoms with E-state index >= 15 is 0 Å². The van der Waals surface area contributed by atoms with Gasteiger partial charge in [-0.15, -0.1) is 0 Å². The summed E-state index contributed by atoms with van der Waals surface area (Å²) in [5, 5.41) is 3.01. The van der Waals surface area contributed by atoms with E-state index in [0.717, 1.165) is 63.9 Å². The van der Waals surface area contributed by atoms with Gasteiger partial charge in [0.15, 0.2) is 0 Å². The van der Waals surface area contributed by atoms with Crippen molar-refractivity contribution in [1.82, 2.24) is 10.3 Å². The van der Waals surface area contributed by atoms with E-state index in [9.17, 15) is 4.79 Å². The third-order valence-electron chi connectivity index (χ3n) is 4.74. The normalized spacial score (nSPS) is 21.1. The average Bonchev–Trinajstić information content (AvgIpc) is 2.60. The zero-order valence-electron chi connectivity index (χ0n) is 17.0. The average molecular weight is 377 g/mol. The van der Waals surface area contributed by atoms with Crippen LogP contribution in [0.3, 0.4) is 0 Å². The highest BCUT2D eigenvalue weighted by atomic mass is 16.6. The van der Waals surface area contributed by atoms with Gasteiger partial charge in [-0.1, -0.05) is 0 Å². The van der Waals surface area contributed by atoms with Gasteiger partial charge in [0.05, 0.1) is 13.2 Å². The predicted octanol–water partition coefficient (Wildman–Crippen LogP) is 2.72. The van der Waals surface area contributed by atoms with Gasteiger partial charge in [-0.2, -0.15) is 0 Å². The molecule has 0 bridgehead atoms. The van der Waals surface area contributed by atoms with Crippen LogP contribution in [-0.2, 0) is 9.47 Å². The van der Waals surface area contributed by atoms with Crippen LogP contribution in [0.4, 0.5) is 16.4 Å². The lowest BCUT2D eigenvalue weighted by Crippen LogP contribution is -2.49. The number of rotatable bonds is 3. The second-order valence-electron chi connectivity index (χ2n) is 8.39. The summed E-state index contributed by atoms with van der Waals surface area (Å²) < 4.78 is 10.8. The molecule has 1 aromatic rings. The quantitative estimate of drug-likeness (QED) is 0.875. The van der Waals surface area contributed by atoms with Crippen molar-refractivity contribution in [3.8, 4) is 0 Å². The van der Waals surface area contributed by atoms with Crippen molar-refractivity contribution in [2.45, 2.75) is 52.2 Å². The molecule has 3 rings (SSSR count). The van der Waals surface area contributed by atoms with Crippen LogP contribution in [0.15, 0.2) is 12.1 Å². The first-order valence-electron chi connectivity index (χ1n) is 9.86. The minimum atomic E-state index is -0.483. The number of nitrogens with one attached hydrogen (secondary N) is 1. The topological polar surface area (TPSA) is 66.9 Å². The van der Waals surface area contributed by atoms with Gasteiger partial charge in [0.25, 0.3) is 0 Å². The standard InChI is InChI=1S/C20H32N4O3/c1-15-12-17(23-8-10-26-11-9-23)22-18(13-15)24-7-5-6-16(14-24)21-19(25)27-20(2,3)4/h12-13,16H,5-11,14H2,1-4H3,(H,21,25). The molecule has 3 heterocycles. The molecule has 0 radical (unpaired) electrons. The van der Waals surface area contributed by atoms with Crippen molar-refractivity contribution >= 4 is 17.7 Å². The van der Waals surface area contributed by atoms with Gasteiger partial charge >= 0.3 is 6.09 Å². The second-order valence-corrected chi connectivity index (χ2v) is 8.39.